The zero-order chi connectivity index (χ0) is 24.3. The average molecular weight is 483 g/mol. The van der Waals surface area contributed by atoms with Crippen LogP contribution in [0.2, 0.25) is 0 Å². The number of hydrogen-bond donors (Lipinski definition) is 1. The van der Waals surface area contributed by atoms with Crippen LogP contribution in [-0.4, -0.2) is 48.6 Å². The summed E-state index contributed by atoms with van der Waals surface area (Å²) in [7, 11) is -2.28. The van der Waals surface area contributed by atoms with E-state index in [1.807, 2.05) is 36.7 Å². The standard InChI is InChI=1S/C25H30N4O4S/c1-18-15-19(2)29(27-18)17-20-7-9-21(10-8-20)25(30)26-22-11-12-23(33-3)24(16-22)34(31,32)28-13-5-4-6-14-28/h7-12,15-16H,4-6,13-14,17H2,1-3H3,(H,26,30). The van der Waals surface area contributed by atoms with Crippen LogP contribution in [0.5, 0.6) is 5.75 Å². The number of benzene rings is 2. The zero-order valence-electron chi connectivity index (χ0n) is 19.7. The Bertz CT molecular complexity index is 1280. The number of ether oxygens (including phenoxy) is 1. The largest absolute Gasteiger partial charge is 0.495 e. The van der Waals surface area contributed by atoms with E-state index in [0.717, 1.165) is 36.2 Å². The Morgan fingerprint density at radius 1 is 1.03 bits per heavy atom. The average Bonchev–Trinajstić information content (AvgIpc) is 3.16. The summed E-state index contributed by atoms with van der Waals surface area (Å²) < 4.78 is 35.2. The molecule has 4 rings (SSSR count). The number of carbonyl (C=O) groups excluding carboxylic acids is 1. The van der Waals surface area contributed by atoms with Crippen molar-refractivity contribution in [2.45, 2.75) is 44.6 Å². The highest BCUT2D eigenvalue weighted by molar-refractivity contribution is 7.89. The molecule has 0 bridgehead atoms. The van der Waals surface area contributed by atoms with Gasteiger partial charge in [0.05, 0.1) is 19.3 Å². The van der Waals surface area contributed by atoms with Gasteiger partial charge in [-0.05, 0) is 68.7 Å². The van der Waals surface area contributed by atoms with Crippen molar-refractivity contribution in [1.82, 2.24) is 14.1 Å². The summed E-state index contributed by atoms with van der Waals surface area (Å²) in [5.41, 5.74) is 3.95. The first kappa shape index (κ1) is 24.0. The van der Waals surface area contributed by atoms with Gasteiger partial charge in [0.25, 0.3) is 5.91 Å². The molecule has 1 fully saturated rings. The lowest BCUT2D eigenvalue weighted by atomic mass is 10.1. The third-order valence-corrected chi connectivity index (χ3v) is 7.93. The fourth-order valence-electron chi connectivity index (χ4n) is 4.17. The molecule has 1 aliphatic heterocycles. The van der Waals surface area contributed by atoms with E-state index in [0.29, 0.717) is 30.9 Å². The number of rotatable bonds is 7. The van der Waals surface area contributed by atoms with Gasteiger partial charge in [0.1, 0.15) is 10.6 Å². The topological polar surface area (TPSA) is 93.5 Å². The molecule has 2 aromatic carbocycles. The fraction of sp³-hybridized carbons (Fsp3) is 0.360. The Morgan fingerprint density at radius 2 is 1.74 bits per heavy atom. The number of aromatic nitrogens is 2. The number of carbonyl (C=O) groups is 1. The third-order valence-electron chi connectivity index (χ3n) is 6.01. The Balaban J connectivity index is 1.50. The van der Waals surface area contributed by atoms with Gasteiger partial charge in [0.2, 0.25) is 10.0 Å². The van der Waals surface area contributed by atoms with E-state index in [-0.39, 0.29) is 16.6 Å². The van der Waals surface area contributed by atoms with Crippen LogP contribution in [0.4, 0.5) is 5.69 Å². The number of methoxy groups -OCH3 is 1. The summed E-state index contributed by atoms with van der Waals surface area (Å²) in [5, 5.41) is 7.28. The molecule has 1 N–H and O–H groups in total. The van der Waals surface area contributed by atoms with Crippen LogP contribution >= 0.6 is 0 Å². The van der Waals surface area contributed by atoms with Crippen molar-refractivity contribution in [1.29, 1.82) is 0 Å². The number of hydrogen-bond acceptors (Lipinski definition) is 5. The molecule has 1 aromatic heterocycles. The zero-order valence-corrected chi connectivity index (χ0v) is 20.6. The van der Waals surface area contributed by atoms with Crippen molar-refractivity contribution in [3.63, 3.8) is 0 Å². The molecule has 9 heteroatoms. The normalized spacial score (nSPS) is 14.7. The van der Waals surface area contributed by atoms with Gasteiger partial charge < -0.3 is 10.1 Å². The molecule has 0 aliphatic carbocycles. The van der Waals surface area contributed by atoms with Gasteiger partial charge in [-0.3, -0.25) is 9.48 Å². The Hall–Kier alpha value is -3.17. The number of sulfonamides is 1. The molecule has 1 saturated heterocycles. The minimum atomic E-state index is -3.72. The highest BCUT2D eigenvalue weighted by atomic mass is 32.2. The molecule has 0 spiro atoms. The smallest absolute Gasteiger partial charge is 0.255 e. The summed E-state index contributed by atoms with van der Waals surface area (Å²) in [6, 6.07) is 14.0. The predicted octanol–water partition coefficient (Wildman–Crippen LogP) is 3.98. The number of piperidine rings is 1. The van der Waals surface area contributed by atoms with Crippen LogP contribution < -0.4 is 10.1 Å². The Labute approximate surface area is 200 Å². The number of aryl methyl sites for hydroxylation is 2. The van der Waals surface area contributed by atoms with E-state index in [2.05, 4.69) is 10.4 Å². The molecule has 3 aromatic rings. The van der Waals surface area contributed by atoms with Gasteiger partial charge in [-0.25, -0.2) is 8.42 Å². The van der Waals surface area contributed by atoms with Crippen LogP contribution in [0.15, 0.2) is 53.4 Å². The van der Waals surface area contributed by atoms with Crippen LogP contribution in [0.25, 0.3) is 0 Å². The van der Waals surface area contributed by atoms with Gasteiger partial charge in [0, 0.05) is 30.0 Å². The molecule has 2 heterocycles. The first-order valence-electron chi connectivity index (χ1n) is 11.4. The van der Waals surface area contributed by atoms with E-state index in [4.69, 9.17) is 4.74 Å². The van der Waals surface area contributed by atoms with Crippen molar-refractivity contribution in [2.24, 2.45) is 0 Å². The highest BCUT2D eigenvalue weighted by Gasteiger charge is 2.29. The molecular formula is C25H30N4O4S. The molecule has 8 nitrogen and oxygen atoms in total. The molecule has 34 heavy (non-hydrogen) atoms. The van der Waals surface area contributed by atoms with E-state index < -0.39 is 10.0 Å². The van der Waals surface area contributed by atoms with Crippen LogP contribution in [0, 0.1) is 13.8 Å². The number of nitrogens with zero attached hydrogens (tertiary/aromatic N) is 3. The lowest BCUT2D eigenvalue weighted by Crippen LogP contribution is -2.35. The summed E-state index contributed by atoms with van der Waals surface area (Å²) in [6.07, 6.45) is 2.71. The van der Waals surface area contributed by atoms with E-state index in [1.165, 1.54) is 17.5 Å². The predicted molar refractivity (Wildman–Crippen MR) is 131 cm³/mol. The van der Waals surface area contributed by atoms with E-state index >= 15 is 0 Å². The second-order valence-electron chi connectivity index (χ2n) is 8.57. The van der Waals surface area contributed by atoms with Crippen molar-refractivity contribution in [2.75, 3.05) is 25.5 Å². The SMILES string of the molecule is COc1ccc(NC(=O)c2ccc(Cn3nc(C)cc3C)cc2)cc1S(=O)(=O)N1CCCCC1. The first-order valence-corrected chi connectivity index (χ1v) is 12.8. The highest BCUT2D eigenvalue weighted by Crippen LogP contribution is 2.31. The van der Waals surface area contributed by atoms with Crippen molar-refractivity contribution < 1.29 is 17.9 Å². The van der Waals surface area contributed by atoms with Crippen LogP contribution in [0.1, 0.15) is 46.6 Å². The minimum Gasteiger partial charge on any atom is -0.495 e. The first-order chi connectivity index (χ1) is 16.3. The molecule has 0 radical (unpaired) electrons. The maximum absolute atomic E-state index is 13.2. The molecule has 1 aliphatic rings. The summed E-state index contributed by atoms with van der Waals surface area (Å²) in [5.74, 6) is -0.0544. The molecule has 0 saturated carbocycles. The maximum atomic E-state index is 13.2. The molecule has 180 valence electrons. The van der Waals surface area contributed by atoms with Gasteiger partial charge in [0.15, 0.2) is 0 Å². The summed E-state index contributed by atoms with van der Waals surface area (Å²) in [6.45, 7) is 5.57. The lowest BCUT2D eigenvalue weighted by Gasteiger charge is -2.26. The van der Waals surface area contributed by atoms with Crippen LogP contribution in [0.3, 0.4) is 0 Å². The van der Waals surface area contributed by atoms with Gasteiger partial charge in [-0.15, -0.1) is 0 Å². The van der Waals surface area contributed by atoms with Gasteiger partial charge in [-0.1, -0.05) is 18.6 Å². The summed E-state index contributed by atoms with van der Waals surface area (Å²) in [4.78, 5) is 12.9. The second-order valence-corrected chi connectivity index (χ2v) is 10.5. The lowest BCUT2D eigenvalue weighted by molar-refractivity contribution is 0.102. The summed E-state index contributed by atoms with van der Waals surface area (Å²) >= 11 is 0. The number of anilines is 1. The number of amides is 1. The Morgan fingerprint density at radius 3 is 2.35 bits per heavy atom. The Kier molecular flexibility index (Phi) is 7.04. The van der Waals surface area contributed by atoms with Gasteiger partial charge in [-0.2, -0.15) is 9.40 Å². The minimum absolute atomic E-state index is 0.0648. The molecule has 0 atom stereocenters. The molecule has 0 unspecified atom stereocenters. The van der Waals surface area contributed by atoms with E-state index in [1.54, 1.807) is 24.3 Å². The van der Waals surface area contributed by atoms with Crippen molar-refractivity contribution in [3.8, 4) is 5.75 Å². The monoisotopic (exact) mass is 482 g/mol. The van der Waals surface area contributed by atoms with E-state index in [9.17, 15) is 13.2 Å². The quantitative estimate of drug-likeness (QED) is 0.550. The fourth-order valence-corrected chi connectivity index (χ4v) is 5.87. The second kappa shape index (κ2) is 9.99. The van der Waals surface area contributed by atoms with Crippen molar-refractivity contribution >= 4 is 21.6 Å². The third kappa shape index (κ3) is 5.15. The number of nitrogens with one attached hydrogen (secondary N) is 1. The van der Waals surface area contributed by atoms with Crippen LogP contribution in [-0.2, 0) is 16.6 Å². The molecular weight excluding hydrogens is 452 g/mol. The van der Waals surface area contributed by atoms with Gasteiger partial charge >= 0.3 is 0 Å². The molecule has 1 amide bonds. The van der Waals surface area contributed by atoms with Crippen molar-refractivity contribution in [3.05, 3.63) is 71.0 Å². The maximum Gasteiger partial charge on any atom is 0.255 e.